The molecule has 0 heterocycles. The first-order chi connectivity index (χ1) is 16.5. The fraction of sp³-hybridized carbons (Fsp3) is 0.417. The lowest BCUT2D eigenvalue weighted by atomic mass is 10.1. The molecule has 0 aromatic heterocycles. The highest BCUT2D eigenvalue weighted by atomic mass is 35.5. The highest BCUT2D eigenvalue weighted by Crippen LogP contribution is 2.27. The number of likely N-dealkylation sites (N-methyl/N-ethyl adjacent to an activating group) is 1. The fourth-order valence-electron chi connectivity index (χ4n) is 3.98. The summed E-state index contributed by atoms with van der Waals surface area (Å²) in [5, 5.41) is 4.09. The highest BCUT2D eigenvalue weighted by molar-refractivity contribution is 7.89. The van der Waals surface area contributed by atoms with Crippen molar-refractivity contribution in [3.63, 3.8) is 0 Å². The van der Waals surface area contributed by atoms with Gasteiger partial charge in [0.1, 0.15) is 6.04 Å². The summed E-state index contributed by atoms with van der Waals surface area (Å²) in [6, 6.07) is 9.84. The zero-order chi connectivity index (χ0) is 25.8. The maximum Gasteiger partial charge on any atom is 0.243 e. The summed E-state index contributed by atoms with van der Waals surface area (Å²) in [6.45, 7) is 1.08. The Labute approximate surface area is 221 Å². The molecule has 7 nitrogen and oxygen atoms in total. The number of nitrogens with zero attached hydrogens (tertiary/aromatic N) is 2. The number of benzene rings is 2. The van der Waals surface area contributed by atoms with E-state index >= 15 is 0 Å². The Morgan fingerprint density at radius 3 is 2.17 bits per heavy atom. The maximum absolute atomic E-state index is 13.4. The molecule has 1 N–H and O–H groups in total. The third-order valence-corrected chi connectivity index (χ3v) is 8.92. The second-order valence-electron chi connectivity index (χ2n) is 8.60. The summed E-state index contributed by atoms with van der Waals surface area (Å²) in [6.07, 6.45) is 3.88. The summed E-state index contributed by atoms with van der Waals surface area (Å²) in [7, 11) is -2.65. The molecule has 0 unspecified atom stereocenters. The van der Waals surface area contributed by atoms with Gasteiger partial charge in [-0.1, -0.05) is 53.7 Å². The molecule has 0 bridgehead atoms. The van der Waals surface area contributed by atoms with Crippen molar-refractivity contribution in [3.05, 3.63) is 63.1 Å². The minimum atomic E-state index is -3.96. The Hall–Kier alpha value is -1.84. The first kappa shape index (κ1) is 27.7. The Kier molecular flexibility index (Phi) is 9.46. The van der Waals surface area contributed by atoms with Crippen LogP contribution in [0, 0.1) is 0 Å². The van der Waals surface area contributed by atoms with Crippen LogP contribution >= 0.6 is 34.8 Å². The topological polar surface area (TPSA) is 86.8 Å². The normalized spacial score (nSPS) is 15.3. The van der Waals surface area contributed by atoms with Gasteiger partial charge in [-0.2, -0.15) is 4.31 Å². The number of nitrogens with one attached hydrogen (secondary N) is 1. The van der Waals surface area contributed by atoms with E-state index in [9.17, 15) is 18.0 Å². The van der Waals surface area contributed by atoms with Gasteiger partial charge in [0.05, 0.1) is 11.4 Å². The molecule has 2 aromatic carbocycles. The minimum absolute atomic E-state index is 0.00456. The Morgan fingerprint density at radius 2 is 1.60 bits per heavy atom. The molecule has 3 rings (SSSR count). The van der Waals surface area contributed by atoms with Crippen LogP contribution in [-0.4, -0.2) is 55.1 Å². The van der Waals surface area contributed by atoms with Crippen molar-refractivity contribution in [3.8, 4) is 0 Å². The van der Waals surface area contributed by atoms with E-state index in [1.807, 2.05) is 0 Å². The standard InChI is InChI=1S/C24H28Cl3N3O4S/c1-16(24(32)28-18-6-3-4-7-18)30(14-20-21(26)8-5-9-22(20)27)23(31)15-29(2)35(33,34)19-12-10-17(25)11-13-19/h5,8-13,16,18H,3-4,6-7,14-15H2,1-2H3,(H,28,32)/t16-/m1/s1. The molecule has 1 aliphatic rings. The van der Waals surface area contributed by atoms with Gasteiger partial charge < -0.3 is 10.2 Å². The van der Waals surface area contributed by atoms with Crippen LogP contribution in [0.3, 0.4) is 0 Å². The van der Waals surface area contributed by atoms with Crippen molar-refractivity contribution in [2.45, 2.75) is 56.1 Å². The predicted molar refractivity (Wildman–Crippen MR) is 138 cm³/mol. The summed E-state index contributed by atoms with van der Waals surface area (Å²) in [4.78, 5) is 27.8. The number of hydrogen-bond donors (Lipinski definition) is 1. The van der Waals surface area contributed by atoms with Crippen LogP contribution < -0.4 is 5.32 Å². The lowest BCUT2D eigenvalue weighted by Gasteiger charge is -2.31. The van der Waals surface area contributed by atoms with Crippen LogP contribution in [0.1, 0.15) is 38.2 Å². The average molecular weight is 561 g/mol. The molecule has 0 spiro atoms. The van der Waals surface area contributed by atoms with E-state index in [1.54, 1.807) is 25.1 Å². The molecule has 1 fully saturated rings. The van der Waals surface area contributed by atoms with E-state index in [1.165, 1.54) is 36.2 Å². The van der Waals surface area contributed by atoms with Gasteiger partial charge in [-0.15, -0.1) is 0 Å². The molecule has 190 valence electrons. The Morgan fingerprint density at radius 1 is 1.03 bits per heavy atom. The lowest BCUT2D eigenvalue weighted by molar-refractivity contribution is -0.140. The molecular formula is C24H28Cl3N3O4S. The van der Waals surface area contributed by atoms with Gasteiger partial charge in [-0.25, -0.2) is 8.42 Å². The van der Waals surface area contributed by atoms with E-state index in [4.69, 9.17) is 34.8 Å². The predicted octanol–water partition coefficient (Wildman–Crippen LogP) is 4.74. The number of carbonyl (C=O) groups excluding carboxylic acids is 2. The second kappa shape index (κ2) is 11.9. The van der Waals surface area contributed by atoms with Crippen LogP contribution in [-0.2, 0) is 26.2 Å². The zero-order valence-corrected chi connectivity index (χ0v) is 22.6. The smallest absolute Gasteiger partial charge is 0.243 e. The van der Waals surface area contributed by atoms with Gasteiger partial charge in [0.15, 0.2) is 0 Å². The molecule has 2 amide bonds. The third-order valence-electron chi connectivity index (χ3n) is 6.14. The van der Waals surface area contributed by atoms with Crippen LogP contribution in [0.4, 0.5) is 0 Å². The number of sulfonamides is 1. The largest absolute Gasteiger partial charge is 0.352 e. The van der Waals surface area contributed by atoms with Crippen molar-refractivity contribution >= 4 is 56.6 Å². The molecule has 35 heavy (non-hydrogen) atoms. The first-order valence-corrected chi connectivity index (χ1v) is 13.8. The van der Waals surface area contributed by atoms with Crippen LogP contribution in [0.2, 0.25) is 15.1 Å². The SMILES string of the molecule is C[C@H](C(=O)NC1CCCC1)N(Cc1c(Cl)cccc1Cl)C(=O)CN(C)S(=O)(=O)c1ccc(Cl)cc1. The second-order valence-corrected chi connectivity index (χ2v) is 11.9. The molecule has 1 aliphatic carbocycles. The van der Waals surface area contributed by atoms with Crippen molar-refractivity contribution in [2.75, 3.05) is 13.6 Å². The molecular weight excluding hydrogens is 533 g/mol. The molecule has 0 saturated heterocycles. The van der Waals surface area contributed by atoms with E-state index in [2.05, 4.69) is 5.32 Å². The molecule has 0 radical (unpaired) electrons. The Bertz CT molecular complexity index is 1150. The van der Waals surface area contributed by atoms with Crippen molar-refractivity contribution in [1.29, 1.82) is 0 Å². The fourth-order valence-corrected chi connectivity index (χ4v) is 5.74. The monoisotopic (exact) mass is 559 g/mol. The van der Waals surface area contributed by atoms with Gasteiger partial charge in [-0.3, -0.25) is 9.59 Å². The average Bonchev–Trinajstić information content (AvgIpc) is 3.31. The molecule has 11 heteroatoms. The van der Waals surface area contributed by atoms with Crippen LogP contribution in [0.5, 0.6) is 0 Å². The molecule has 2 aromatic rings. The maximum atomic E-state index is 13.4. The number of carbonyl (C=O) groups is 2. The van der Waals surface area contributed by atoms with E-state index in [-0.39, 0.29) is 23.4 Å². The number of rotatable bonds is 9. The van der Waals surface area contributed by atoms with Crippen LogP contribution in [0.25, 0.3) is 0 Å². The number of hydrogen-bond acceptors (Lipinski definition) is 4. The zero-order valence-electron chi connectivity index (χ0n) is 19.5. The van der Waals surface area contributed by atoms with Crippen molar-refractivity contribution in [2.24, 2.45) is 0 Å². The summed E-state index contributed by atoms with van der Waals surface area (Å²) in [5.74, 6) is -0.869. The van der Waals surface area contributed by atoms with E-state index < -0.39 is 28.5 Å². The third kappa shape index (κ3) is 6.89. The quantitative estimate of drug-likeness (QED) is 0.480. The van der Waals surface area contributed by atoms with E-state index in [0.717, 1.165) is 30.0 Å². The number of amides is 2. The number of halogens is 3. The molecule has 1 saturated carbocycles. The van der Waals surface area contributed by atoms with Gasteiger partial charge in [0.25, 0.3) is 0 Å². The Balaban J connectivity index is 1.84. The first-order valence-electron chi connectivity index (χ1n) is 11.3. The lowest BCUT2D eigenvalue weighted by Crippen LogP contribution is -2.52. The summed E-state index contributed by atoms with van der Waals surface area (Å²) >= 11 is 18.5. The van der Waals surface area contributed by atoms with Gasteiger partial charge in [0, 0.05) is 40.3 Å². The molecule has 1 atom stereocenters. The summed E-state index contributed by atoms with van der Waals surface area (Å²) in [5.41, 5.74) is 0.480. The minimum Gasteiger partial charge on any atom is -0.352 e. The van der Waals surface area contributed by atoms with Crippen LogP contribution in [0.15, 0.2) is 47.4 Å². The van der Waals surface area contributed by atoms with Gasteiger partial charge in [-0.05, 0) is 56.2 Å². The van der Waals surface area contributed by atoms with Gasteiger partial charge in [0.2, 0.25) is 21.8 Å². The van der Waals surface area contributed by atoms with Gasteiger partial charge >= 0.3 is 0 Å². The highest BCUT2D eigenvalue weighted by Gasteiger charge is 2.32. The van der Waals surface area contributed by atoms with Crippen molar-refractivity contribution < 1.29 is 18.0 Å². The van der Waals surface area contributed by atoms with E-state index in [0.29, 0.717) is 20.6 Å². The summed E-state index contributed by atoms with van der Waals surface area (Å²) < 4.78 is 26.9. The van der Waals surface area contributed by atoms with Crippen molar-refractivity contribution in [1.82, 2.24) is 14.5 Å². The molecule has 0 aliphatic heterocycles.